The van der Waals surface area contributed by atoms with E-state index in [1.807, 2.05) is 24.0 Å². The third-order valence-corrected chi connectivity index (χ3v) is 5.84. The van der Waals surface area contributed by atoms with E-state index in [-0.39, 0.29) is 12.5 Å². The number of hydrogen-bond donors (Lipinski definition) is 0. The fraction of sp³-hybridized carbons (Fsp3) is 0.320. The number of para-hydroxylation sites is 1. The number of carbonyl (C=O) groups excluding carboxylic acids is 1. The van der Waals surface area contributed by atoms with Crippen LogP contribution >= 0.6 is 11.6 Å². The normalized spacial score (nSPS) is 14.6. The second-order valence-electron chi connectivity index (χ2n) is 8.00. The van der Waals surface area contributed by atoms with Crippen molar-refractivity contribution in [3.05, 3.63) is 87.8 Å². The van der Waals surface area contributed by atoms with E-state index in [1.165, 1.54) is 11.1 Å². The summed E-state index contributed by atoms with van der Waals surface area (Å²) < 4.78 is 11.6. The number of piperazine rings is 1. The van der Waals surface area contributed by atoms with Gasteiger partial charge in [-0.1, -0.05) is 53.6 Å². The molecule has 0 spiro atoms. The minimum atomic E-state index is -0.0737. The number of rotatable bonds is 6. The molecule has 6 heteroatoms. The predicted molar refractivity (Wildman–Crippen MR) is 122 cm³/mol. The molecule has 2 heterocycles. The molecule has 0 aliphatic carbocycles. The Morgan fingerprint density at radius 2 is 1.81 bits per heavy atom. The first-order valence-corrected chi connectivity index (χ1v) is 10.9. The molecule has 1 saturated heterocycles. The molecule has 162 valence electrons. The van der Waals surface area contributed by atoms with E-state index in [2.05, 4.69) is 36.1 Å². The zero-order valence-electron chi connectivity index (χ0n) is 17.9. The van der Waals surface area contributed by atoms with Gasteiger partial charge in [0.15, 0.2) is 5.76 Å². The molecule has 2 aromatic carbocycles. The van der Waals surface area contributed by atoms with Crippen LogP contribution in [0.2, 0.25) is 5.02 Å². The van der Waals surface area contributed by atoms with Gasteiger partial charge in [0.05, 0.1) is 5.02 Å². The highest BCUT2D eigenvalue weighted by Gasteiger charge is 2.24. The first-order valence-electron chi connectivity index (χ1n) is 10.5. The highest BCUT2D eigenvalue weighted by Crippen LogP contribution is 2.29. The molecule has 1 fully saturated rings. The van der Waals surface area contributed by atoms with Gasteiger partial charge >= 0.3 is 0 Å². The molecule has 1 aliphatic heterocycles. The maximum absolute atomic E-state index is 12.9. The highest BCUT2D eigenvalue weighted by molar-refractivity contribution is 6.32. The lowest BCUT2D eigenvalue weighted by atomic mass is 10.1. The van der Waals surface area contributed by atoms with Gasteiger partial charge in [0, 0.05) is 32.7 Å². The summed E-state index contributed by atoms with van der Waals surface area (Å²) in [6, 6.07) is 17.7. The minimum absolute atomic E-state index is 0.0737. The smallest absolute Gasteiger partial charge is 0.289 e. The van der Waals surface area contributed by atoms with Crippen molar-refractivity contribution in [2.45, 2.75) is 27.0 Å². The zero-order chi connectivity index (χ0) is 21.8. The van der Waals surface area contributed by atoms with Crippen LogP contribution in [-0.2, 0) is 13.2 Å². The second kappa shape index (κ2) is 9.58. The Kier molecular flexibility index (Phi) is 6.64. The summed E-state index contributed by atoms with van der Waals surface area (Å²) >= 11 is 6.20. The number of benzene rings is 2. The van der Waals surface area contributed by atoms with Gasteiger partial charge in [-0.2, -0.15) is 0 Å². The third kappa shape index (κ3) is 5.30. The van der Waals surface area contributed by atoms with Gasteiger partial charge < -0.3 is 14.1 Å². The summed E-state index contributed by atoms with van der Waals surface area (Å²) in [4.78, 5) is 17.1. The molecular formula is C25H27ClN2O3. The van der Waals surface area contributed by atoms with Crippen LogP contribution in [0.5, 0.6) is 5.75 Å². The summed E-state index contributed by atoms with van der Waals surface area (Å²) in [6.45, 7) is 8.26. The summed E-state index contributed by atoms with van der Waals surface area (Å²) in [5.41, 5.74) is 3.54. The van der Waals surface area contributed by atoms with Crippen LogP contribution < -0.4 is 4.74 Å². The van der Waals surface area contributed by atoms with Crippen LogP contribution in [0.3, 0.4) is 0 Å². The molecule has 0 saturated carbocycles. The molecule has 1 aliphatic rings. The Bertz CT molecular complexity index is 1030. The lowest BCUT2D eigenvalue weighted by molar-refractivity contribution is 0.0594. The van der Waals surface area contributed by atoms with E-state index in [4.69, 9.17) is 20.8 Å². The van der Waals surface area contributed by atoms with Crippen LogP contribution in [0.15, 0.2) is 59.0 Å². The van der Waals surface area contributed by atoms with Crippen LogP contribution in [0, 0.1) is 13.8 Å². The molecule has 0 N–H and O–H groups in total. The number of furan rings is 1. The van der Waals surface area contributed by atoms with Crippen LogP contribution in [0.4, 0.5) is 0 Å². The maximum Gasteiger partial charge on any atom is 0.289 e. The Morgan fingerprint density at radius 1 is 1.03 bits per heavy atom. The SMILES string of the molecule is Cc1cccc(CN2CCN(C(=O)c3ccc(COc4c(C)cccc4Cl)o3)CC2)c1. The predicted octanol–water partition coefficient (Wildman–Crippen LogP) is 5.09. The van der Waals surface area contributed by atoms with Gasteiger partial charge in [-0.15, -0.1) is 0 Å². The molecule has 3 aromatic rings. The van der Waals surface area contributed by atoms with Crippen molar-refractivity contribution in [1.29, 1.82) is 0 Å². The fourth-order valence-corrected chi connectivity index (χ4v) is 4.12. The molecule has 0 atom stereocenters. The molecule has 31 heavy (non-hydrogen) atoms. The van der Waals surface area contributed by atoms with Crippen LogP contribution in [0.25, 0.3) is 0 Å². The monoisotopic (exact) mass is 438 g/mol. The molecule has 0 radical (unpaired) electrons. The molecule has 4 rings (SSSR count). The average Bonchev–Trinajstić information content (AvgIpc) is 3.22. The fourth-order valence-electron chi connectivity index (χ4n) is 3.85. The topological polar surface area (TPSA) is 45.9 Å². The third-order valence-electron chi connectivity index (χ3n) is 5.54. The molecule has 0 unspecified atom stereocenters. The molecule has 5 nitrogen and oxygen atoms in total. The number of aryl methyl sites for hydroxylation is 2. The Labute approximate surface area is 188 Å². The van der Waals surface area contributed by atoms with Crippen molar-refractivity contribution < 1.29 is 13.9 Å². The maximum atomic E-state index is 12.9. The van der Waals surface area contributed by atoms with Gasteiger partial charge in [-0.3, -0.25) is 9.69 Å². The molecule has 1 aromatic heterocycles. The Balaban J connectivity index is 1.30. The van der Waals surface area contributed by atoms with E-state index < -0.39 is 0 Å². The van der Waals surface area contributed by atoms with Crippen molar-refractivity contribution in [3.63, 3.8) is 0 Å². The van der Waals surface area contributed by atoms with Gasteiger partial charge in [-0.05, 0) is 43.2 Å². The van der Waals surface area contributed by atoms with Gasteiger partial charge in [0.2, 0.25) is 0 Å². The van der Waals surface area contributed by atoms with Gasteiger partial charge in [0.25, 0.3) is 5.91 Å². The lowest BCUT2D eigenvalue weighted by Gasteiger charge is -2.34. The van der Waals surface area contributed by atoms with Gasteiger partial charge in [0.1, 0.15) is 18.1 Å². The molecule has 1 amide bonds. The van der Waals surface area contributed by atoms with E-state index in [0.29, 0.717) is 35.4 Å². The van der Waals surface area contributed by atoms with Crippen molar-refractivity contribution in [2.75, 3.05) is 26.2 Å². The van der Waals surface area contributed by atoms with E-state index in [0.717, 1.165) is 25.2 Å². The number of carbonyl (C=O) groups is 1. The van der Waals surface area contributed by atoms with Crippen molar-refractivity contribution in [1.82, 2.24) is 9.80 Å². The van der Waals surface area contributed by atoms with Crippen molar-refractivity contribution in [2.24, 2.45) is 0 Å². The Hall–Kier alpha value is -2.76. The van der Waals surface area contributed by atoms with Crippen molar-refractivity contribution in [3.8, 4) is 5.75 Å². The summed E-state index contributed by atoms with van der Waals surface area (Å²) in [5, 5.41) is 0.561. The van der Waals surface area contributed by atoms with E-state index in [9.17, 15) is 4.79 Å². The molecule has 0 bridgehead atoms. The average molecular weight is 439 g/mol. The summed E-state index contributed by atoms with van der Waals surface area (Å²) in [7, 11) is 0. The first kappa shape index (κ1) is 21.5. The second-order valence-corrected chi connectivity index (χ2v) is 8.41. The zero-order valence-corrected chi connectivity index (χ0v) is 18.7. The lowest BCUT2D eigenvalue weighted by Crippen LogP contribution is -2.48. The van der Waals surface area contributed by atoms with E-state index >= 15 is 0 Å². The summed E-state index contributed by atoms with van der Waals surface area (Å²) in [5.74, 6) is 1.51. The number of hydrogen-bond acceptors (Lipinski definition) is 4. The van der Waals surface area contributed by atoms with E-state index in [1.54, 1.807) is 18.2 Å². The van der Waals surface area contributed by atoms with Crippen molar-refractivity contribution >= 4 is 17.5 Å². The number of nitrogens with zero attached hydrogens (tertiary/aromatic N) is 2. The minimum Gasteiger partial charge on any atom is -0.484 e. The Morgan fingerprint density at radius 3 is 2.55 bits per heavy atom. The highest BCUT2D eigenvalue weighted by atomic mass is 35.5. The first-order chi connectivity index (χ1) is 15.0. The largest absolute Gasteiger partial charge is 0.484 e. The number of ether oxygens (including phenoxy) is 1. The quantitative estimate of drug-likeness (QED) is 0.538. The number of amides is 1. The van der Waals surface area contributed by atoms with Crippen LogP contribution in [0.1, 0.15) is 33.0 Å². The van der Waals surface area contributed by atoms with Gasteiger partial charge in [-0.25, -0.2) is 0 Å². The standard InChI is InChI=1S/C25H27ClN2O3/c1-18-5-3-7-20(15-18)16-27-11-13-28(14-12-27)25(29)23-10-9-21(31-23)17-30-24-19(2)6-4-8-22(24)26/h3-10,15H,11-14,16-17H2,1-2H3. The van der Waals surface area contributed by atoms with Crippen LogP contribution in [-0.4, -0.2) is 41.9 Å². The summed E-state index contributed by atoms with van der Waals surface area (Å²) in [6.07, 6.45) is 0. The number of halogens is 1. The molecular weight excluding hydrogens is 412 g/mol.